The van der Waals surface area contributed by atoms with E-state index in [9.17, 15) is 10.2 Å². The highest BCUT2D eigenvalue weighted by atomic mass is 28.4. The number of terminal acetylenes is 1. The standard InChI is InChI=1S/C22H40O4Si2/c1-11-18-20(14-23)25-19(12-13-27(8,9)10)22(21(18)24)26-28(15(2)3,16(4)5)17(6)7/h1,15-24H,14H2,2-10H3/t18-,19+,20-,21+,22+/m1/s1. The van der Waals surface area contributed by atoms with Crippen LogP contribution in [0, 0.1) is 29.7 Å². The van der Waals surface area contributed by atoms with Crippen molar-refractivity contribution in [1.82, 2.24) is 0 Å². The number of ether oxygens (including phenoxy) is 1. The first-order valence-corrected chi connectivity index (χ1v) is 16.1. The molecule has 0 unspecified atom stereocenters. The summed E-state index contributed by atoms with van der Waals surface area (Å²) in [7, 11) is -3.92. The van der Waals surface area contributed by atoms with Crippen molar-refractivity contribution in [3.8, 4) is 23.8 Å². The van der Waals surface area contributed by atoms with Crippen LogP contribution in [-0.2, 0) is 9.16 Å². The predicted molar refractivity (Wildman–Crippen MR) is 121 cm³/mol. The van der Waals surface area contributed by atoms with Crippen molar-refractivity contribution in [3.05, 3.63) is 0 Å². The second-order valence-corrected chi connectivity index (χ2v) is 20.0. The van der Waals surface area contributed by atoms with Crippen LogP contribution in [0.25, 0.3) is 0 Å². The molecule has 0 spiro atoms. The molecule has 0 bridgehead atoms. The molecule has 160 valence electrons. The van der Waals surface area contributed by atoms with E-state index in [1.165, 1.54) is 0 Å². The van der Waals surface area contributed by atoms with E-state index in [0.717, 1.165) is 0 Å². The minimum Gasteiger partial charge on any atom is -0.407 e. The van der Waals surface area contributed by atoms with Gasteiger partial charge in [0.1, 0.15) is 20.3 Å². The smallest absolute Gasteiger partial charge is 0.201 e. The lowest BCUT2D eigenvalue weighted by Gasteiger charge is -2.49. The molecule has 1 fully saturated rings. The molecule has 5 atom stereocenters. The van der Waals surface area contributed by atoms with Crippen molar-refractivity contribution in [2.24, 2.45) is 5.92 Å². The molecule has 0 aromatic heterocycles. The van der Waals surface area contributed by atoms with Crippen LogP contribution in [0.1, 0.15) is 41.5 Å². The van der Waals surface area contributed by atoms with Crippen molar-refractivity contribution in [2.75, 3.05) is 6.61 Å². The van der Waals surface area contributed by atoms with Gasteiger partial charge >= 0.3 is 0 Å². The van der Waals surface area contributed by atoms with Gasteiger partial charge in [-0.1, -0.05) is 73.0 Å². The Balaban J connectivity index is 3.44. The number of hydrogen-bond donors (Lipinski definition) is 2. The predicted octanol–water partition coefficient (Wildman–Crippen LogP) is 3.80. The lowest BCUT2D eigenvalue weighted by Crippen LogP contribution is -2.61. The lowest BCUT2D eigenvalue weighted by molar-refractivity contribution is -0.173. The highest BCUT2D eigenvalue weighted by Gasteiger charge is 2.52. The summed E-state index contributed by atoms with van der Waals surface area (Å²) in [6.45, 7) is 19.5. The fourth-order valence-electron chi connectivity index (χ4n) is 4.50. The molecule has 6 heteroatoms. The van der Waals surface area contributed by atoms with Crippen molar-refractivity contribution >= 4 is 16.4 Å². The fraction of sp³-hybridized carbons (Fsp3) is 0.818. The van der Waals surface area contributed by atoms with Crippen molar-refractivity contribution in [3.63, 3.8) is 0 Å². The zero-order valence-corrected chi connectivity index (χ0v) is 21.1. The molecule has 0 aromatic carbocycles. The van der Waals surface area contributed by atoms with Crippen LogP contribution in [0.2, 0.25) is 36.3 Å². The van der Waals surface area contributed by atoms with E-state index in [1.807, 2.05) is 0 Å². The van der Waals surface area contributed by atoms with E-state index >= 15 is 0 Å². The Labute approximate surface area is 174 Å². The summed E-state index contributed by atoms with van der Waals surface area (Å²) in [5.41, 5.74) is 4.45. The van der Waals surface area contributed by atoms with E-state index in [-0.39, 0.29) is 6.61 Å². The third-order valence-corrected chi connectivity index (χ3v) is 12.7. The molecule has 2 N–H and O–H groups in total. The van der Waals surface area contributed by atoms with Crippen LogP contribution in [0.4, 0.5) is 0 Å². The van der Waals surface area contributed by atoms with Crippen LogP contribution in [0.5, 0.6) is 0 Å². The molecule has 1 heterocycles. The number of aliphatic hydroxyl groups excluding tert-OH is 2. The third-order valence-electron chi connectivity index (χ3n) is 5.73. The summed E-state index contributed by atoms with van der Waals surface area (Å²) in [6, 6.07) is 0. The maximum atomic E-state index is 11.1. The Kier molecular flexibility index (Phi) is 9.02. The first kappa shape index (κ1) is 25.4. The summed E-state index contributed by atoms with van der Waals surface area (Å²) >= 11 is 0. The van der Waals surface area contributed by atoms with Gasteiger partial charge < -0.3 is 19.4 Å². The first-order chi connectivity index (χ1) is 12.8. The molecule has 0 aliphatic carbocycles. The Morgan fingerprint density at radius 3 is 1.89 bits per heavy atom. The molecule has 1 saturated heterocycles. The van der Waals surface area contributed by atoms with Crippen molar-refractivity contribution in [1.29, 1.82) is 0 Å². The average Bonchev–Trinajstić information content (AvgIpc) is 2.56. The second-order valence-electron chi connectivity index (χ2n) is 9.88. The summed E-state index contributed by atoms with van der Waals surface area (Å²) in [5, 5.41) is 20.9. The molecule has 1 aliphatic heterocycles. The van der Waals surface area contributed by atoms with Crippen LogP contribution in [0.15, 0.2) is 0 Å². The lowest BCUT2D eigenvalue weighted by atomic mass is 9.87. The fourth-order valence-corrected chi connectivity index (χ4v) is 10.6. The zero-order valence-electron chi connectivity index (χ0n) is 19.1. The first-order valence-electron chi connectivity index (χ1n) is 10.4. The minimum atomic E-state index is -2.28. The molecule has 1 aliphatic rings. The van der Waals surface area contributed by atoms with Crippen molar-refractivity contribution < 1.29 is 19.4 Å². The van der Waals surface area contributed by atoms with Crippen LogP contribution in [-0.4, -0.2) is 57.6 Å². The van der Waals surface area contributed by atoms with Gasteiger partial charge in [-0.3, -0.25) is 0 Å². The Bertz CT molecular complexity index is 585. The van der Waals surface area contributed by atoms with E-state index in [0.29, 0.717) is 16.6 Å². The highest BCUT2D eigenvalue weighted by Crippen LogP contribution is 2.45. The molecule has 1 rings (SSSR count). The number of hydrogen-bond acceptors (Lipinski definition) is 4. The molecule has 0 aromatic rings. The van der Waals surface area contributed by atoms with Gasteiger partial charge in [-0.15, -0.1) is 12.0 Å². The van der Waals surface area contributed by atoms with Crippen LogP contribution >= 0.6 is 0 Å². The minimum absolute atomic E-state index is 0.245. The van der Waals surface area contributed by atoms with Gasteiger partial charge in [0.2, 0.25) is 8.32 Å². The van der Waals surface area contributed by atoms with Gasteiger partial charge in [-0.2, -0.15) is 0 Å². The molecule has 4 nitrogen and oxygen atoms in total. The van der Waals surface area contributed by atoms with E-state index < -0.39 is 46.7 Å². The Morgan fingerprint density at radius 1 is 1.04 bits per heavy atom. The quantitative estimate of drug-likeness (QED) is 0.503. The summed E-state index contributed by atoms with van der Waals surface area (Å²) < 4.78 is 13.0. The maximum absolute atomic E-state index is 11.1. The van der Waals surface area contributed by atoms with Gasteiger partial charge in [-0.25, -0.2) is 0 Å². The number of rotatable bonds is 6. The Hall–Kier alpha value is -0.606. The molecule has 0 saturated carbocycles. The zero-order chi connectivity index (χ0) is 21.9. The summed E-state index contributed by atoms with van der Waals surface area (Å²) in [6.07, 6.45) is 2.94. The topological polar surface area (TPSA) is 58.9 Å². The summed E-state index contributed by atoms with van der Waals surface area (Å²) in [4.78, 5) is 0. The average molecular weight is 425 g/mol. The molecular formula is C22H40O4Si2. The molecule has 28 heavy (non-hydrogen) atoms. The van der Waals surface area contributed by atoms with E-state index in [2.05, 4.69) is 78.6 Å². The SMILES string of the molecule is C#C[C@H]1[C@H](O)[C@@H](O[Si](C(C)C)(C(C)C)C(C)C)[C@H](C#C[Si](C)(C)C)O[C@@H]1CO. The van der Waals surface area contributed by atoms with Gasteiger partial charge in [0.25, 0.3) is 0 Å². The van der Waals surface area contributed by atoms with Crippen LogP contribution < -0.4 is 0 Å². The molecule has 0 amide bonds. The molecular weight excluding hydrogens is 384 g/mol. The second kappa shape index (κ2) is 9.93. The van der Waals surface area contributed by atoms with Gasteiger partial charge in [0, 0.05) is 0 Å². The van der Waals surface area contributed by atoms with E-state index in [1.54, 1.807) is 0 Å². The maximum Gasteiger partial charge on any atom is 0.201 e. The normalized spacial score (nSPS) is 29.0. The van der Waals surface area contributed by atoms with Gasteiger partial charge in [0.05, 0.1) is 24.7 Å². The molecule has 0 radical (unpaired) electrons. The number of aliphatic hydroxyl groups is 2. The monoisotopic (exact) mass is 424 g/mol. The largest absolute Gasteiger partial charge is 0.407 e. The van der Waals surface area contributed by atoms with Crippen LogP contribution in [0.3, 0.4) is 0 Å². The van der Waals surface area contributed by atoms with E-state index in [4.69, 9.17) is 15.6 Å². The van der Waals surface area contributed by atoms with Gasteiger partial charge in [0.15, 0.2) is 0 Å². The van der Waals surface area contributed by atoms with Gasteiger partial charge in [-0.05, 0) is 16.6 Å². The van der Waals surface area contributed by atoms with Crippen molar-refractivity contribution in [2.45, 2.75) is 102 Å². The highest BCUT2D eigenvalue weighted by molar-refractivity contribution is 6.83. The Morgan fingerprint density at radius 2 is 1.54 bits per heavy atom. The summed E-state index contributed by atoms with van der Waals surface area (Å²) in [5.74, 6) is 5.24. The third kappa shape index (κ3) is 5.50.